The van der Waals surface area contributed by atoms with Crippen LogP contribution in [0, 0.1) is 5.92 Å². The van der Waals surface area contributed by atoms with E-state index >= 15 is 0 Å². The molecule has 0 saturated heterocycles. The molecule has 0 saturated carbocycles. The van der Waals surface area contributed by atoms with Crippen molar-refractivity contribution in [3.05, 3.63) is 35.9 Å². The zero-order chi connectivity index (χ0) is 11.4. The van der Waals surface area contributed by atoms with Gasteiger partial charge in [-0.2, -0.15) is 0 Å². The number of benzene rings is 1. The predicted molar refractivity (Wildman–Crippen MR) is 66.5 cm³/mol. The summed E-state index contributed by atoms with van der Waals surface area (Å²) in [5.74, 6) is 0.523. The summed E-state index contributed by atoms with van der Waals surface area (Å²) < 4.78 is 0. The summed E-state index contributed by atoms with van der Waals surface area (Å²) in [6.07, 6.45) is 3.35. The number of nitrogens with zero attached hydrogens (tertiary/aromatic N) is 1. The van der Waals surface area contributed by atoms with E-state index < -0.39 is 0 Å². The first-order chi connectivity index (χ1) is 7.79. The molecule has 0 aliphatic carbocycles. The molecule has 0 fully saturated rings. The third-order valence-electron chi connectivity index (χ3n) is 3.20. The van der Waals surface area contributed by atoms with Gasteiger partial charge in [0.15, 0.2) is 0 Å². The molecule has 1 aliphatic heterocycles. The first kappa shape index (κ1) is 11.2. The molecule has 86 valence electrons. The van der Waals surface area contributed by atoms with Crippen molar-refractivity contribution in [1.82, 2.24) is 0 Å². The van der Waals surface area contributed by atoms with E-state index in [-0.39, 0.29) is 6.10 Å². The second-order valence-corrected chi connectivity index (χ2v) is 4.53. The highest BCUT2D eigenvalue weighted by Gasteiger charge is 2.25. The van der Waals surface area contributed by atoms with Gasteiger partial charge in [0.05, 0.1) is 5.71 Å². The molecule has 2 nitrogen and oxygen atoms in total. The molecule has 0 bridgehead atoms. The highest BCUT2D eigenvalue weighted by Crippen LogP contribution is 2.23. The minimum atomic E-state index is 0.273. The van der Waals surface area contributed by atoms with Gasteiger partial charge in [0.1, 0.15) is 6.10 Å². The fraction of sp³-hybridized carbons (Fsp3) is 0.500. The number of hydrogen-bond acceptors (Lipinski definition) is 2. The SMILES string of the molecule is CCC1=NOC([C@@H](C)Cc2ccccc2)C1. The predicted octanol–water partition coefficient (Wildman–Crippen LogP) is 3.42. The minimum Gasteiger partial charge on any atom is -0.392 e. The maximum atomic E-state index is 5.48. The average molecular weight is 217 g/mol. The van der Waals surface area contributed by atoms with E-state index in [1.807, 2.05) is 0 Å². The van der Waals surface area contributed by atoms with Crippen LogP contribution in [-0.2, 0) is 11.3 Å². The molecular weight excluding hydrogens is 198 g/mol. The molecule has 1 heterocycles. The molecule has 0 amide bonds. The molecule has 0 radical (unpaired) electrons. The third-order valence-corrected chi connectivity index (χ3v) is 3.20. The van der Waals surface area contributed by atoms with Crippen molar-refractivity contribution in [3.8, 4) is 0 Å². The van der Waals surface area contributed by atoms with Gasteiger partial charge in [0, 0.05) is 12.3 Å². The van der Waals surface area contributed by atoms with Gasteiger partial charge in [0.25, 0.3) is 0 Å². The lowest BCUT2D eigenvalue weighted by atomic mass is 9.93. The molecule has 1 aromatic rings. The average Bonchev–Trinajstić information content (AvgIpc) is 2.79. The Kier molecular flexibility index (Phi) is 3.60. The van der Waals surface area contributed by atoms with Crippen molar-refractivity contribution in [2.45, 2.75) is 39.2 Å². The summed E-state index contributed by atoms with van der Waals surface area (Å²) in [6, 6.07) is 10.6. The first-order valence-corrected chi connectivity index (χ1v) is 6.05. The maximum Gasteiger partial charge on any atom is 0.135 e. The van der Waals surface area contributed by atoms with Crippen LogP contribution >= 0.6 is 0 Å². The van der Waals surface area contributed by atoms with Gasteiger partial charge in [-0.1, -0.05) is 49.3 Å². The normalized spacial score (nSPS) is 21.4. The van der Waals surface area contributed by atoms with Crippen molar-refractivity contribution >= 4 is 5.71 Å². The lowest BCUT2D eigenvalue weighted by molar-refractivity contribution is 0.0463. The maximum absolute atomic E-state index is 5.48. The van der Waals surface area contributed by atoms with Crippen LogP contribution in [0.4, 0.5) is 0 Å². The van der Waals surface area contributed by atoms with E-state index in [2.05, 4.69) is 49.3 Å². The van der Waals surface area contributed by atoms with Crippen LogP contribution in [-0.4, -0.2) is 11.8 Å². The molecule has 1 aromatic carbocycles. The number of oxime groups is 1. The quantitative estimate of drug-likeness (QED) is 0.757. The highest BCUT2D eigenvalue weighted by molar-refractivity contribution is 5.85. The van der Waals surface area contributed by atoms with Gasteiger partial charge in [-0.05, 0) is 18.4 Å². The lowest BCUT2D eigenvalue weighted by Gasteiger charge is -2.17. The molecule has 2 atom stereocenters. The Morgan fingerprint density at radius 2 is 2.12 bits per heavy atom. The van der Waals surface area contributed by atoms with Crippen LogP contribution in [0.5, 0.6) is 0 Å². The zero-order valence-electron chi connectivity index (χ0n) is 10.0. The van der Waals surface area contributed by atoms with E-state index in [1.54, 1.807) is 0 Å². The van der Waals surface area contributed by atoms with Crippen LogP contribution < -0.4 is 0 Å². The van der Waals surface area contributed by atoms with E-state index in [9.17, 15) is 0 Å². The Hall–Kier alpha value is -1.31. The van der Waals surface area contributed by atoms with Gasteiger partial charge in [-0.3, -0.25) is 0 Å². The molecule has 16 heavy (non-hydrogen) atoms. The third kappa shape index (κ3) is 2.63. The van der Waals surface area contributed by atoms with Crippen molar-refractivity contribution in [1.29, 1.82) is 0 Å². The summed E-state index contributed by atoms with van der Waals surface area (Å²) in [6.45, 7) is 4.37. The summed E-state index contributed by atoms with van der Waals surface area (Å²) in [5.41, 5.74) is 2.58. The van der Waals surface area contributed by atoms with E-state index in [0.717, 1.165) is 19.3 Å². The standard InChI is InChI=1S/C14H19NO/c1-3-13-10-14(16-15-13)11(2)9-12-7-5-4-6-8-12/h4-8,11,14H,3,9-10H2,1-2H3/t11-,14?/m0/s1. The fourth-order valence-corrected chi connectivity index (χ4v) is 2.08. The van der Waals surface area contributed by atoms with Crippen molar-refractivity contribution < 1.29 is 4.84 Å². The number of hydrogen-bond donors (Lipinski definition) is 0. The lowest BCUT2D eigenvalue weighted by Crippen LogP contribution is -2.20. The highest BCUT2D eigenvalue weighted by atomic mass is 16.6. The Balaban J connectivity index is 1.88. The minimum absolute atomic E-state index is 0.273. The fourth-order valence-electron chi connectivity index (χ4n) is 2.08. The second kappa shape index (κ2) is 5.15. The van der Waals surface area contributed by atoms with Gasteiger partial charge in [0.2, 0.25) is 0 Å². The topological polar surface area (TPSA) is 21.6 Å². The van der Waals surface area contributed by atoms with Gasteiger partial charge in [-0.15, -0.1) is 0 Å². The Morgan fingerprint density at radius 1 is 1.38 bits per heavy atom. The Morgan fingerprint density at radius 3 is 2.75 bits per heavy atom. The zero-order valence-corrected chi connectivity index (χ0v) is 10.0. The molecule has 1 aliphatic rings. The summed E-state index contributed by atoms with van der Waals surface area (Å²) in [5, 5.41) is 4.11. The summed E-state index contributed by atoms with van der Waals surface area (Å²) in [7, 11) is 0. The summed E-state index contributed by atoms with van der Waals surface area (Å²) in [4.78, 5) is 5.48. The summed E-state index contributed by atoms with van der Waals surface area (Å²) >= 11 is 0. The Bertz CT molecular complexity index is 358. The van der Waals surface area contributed by atoms with Crippen LogP contribution in [0.3, 0.4) is 0 Å². The van der Waals surface area contributed by atoms with Crippen molar-refractivity contribution in [3.63, 3.8) is 0 Å². The monoisotopic (exact) mass is 217 g/mol. The molecule has 0 aromatic heterocycles. The first-order valence-electron chi connectivity index (χ1n) is 6.05. The molecule has 1 unspecified atom stereocenters. The number of rotatable bonds is 4. The van der Waals surface area contributed by atoms with E-state index in [4.69, 9.17) is 4.84 Å². The van der Waals surface area contributed by atoms with Gasteiger partial charge in [-0.25, -0.2) is 0 Å². The van der Waals surface area contributed by atoms with E-state index in [1.165, 1.54) is 11.3 Å². The van der Waals surface area contributed by atoms with E-state index in [0.29, 0.717) is 5.92 Å². The Labute approximate surface area is 97.3 Å². The van der Waals surface area contributed by atoms with Crippen LogP contribution in [0.2, 0.25) is 0 Å². The van der Waals surface area contributed by atoms with Gasteiger partial charge < -0.3 is 4.84 Å². The molecule has 0 N–H and O–H groups in total. The smallest absolute Gasteiger partial charge is 0.135 e. The second-order valence-electron chi connectivity index (χ2n) is 4.53. The molecular formula is C14H19NO. The van der Waals surface area contributed by atoms with Crippen LogP contribution in [0.25, 0.3) is 0 Å². The van der Waals surface area contributed by atoms with Gasteiger partial charge >= 0.3 is 0 Å². The molecule has 0 spiro atoms. The van der Waals surface area contributed by atoms with Crippen LogP contribution in [0.1, 0.15) is 32.3 Å². The molecule has 2 rings (SSSR count). The van der Waals surface area contributed by atoms with Crippen LogP contribution in [0.15, 0.2) is 35.5 Å². The molecule has 2 heteroatoms. The largest absolute Gasteiger partial charge is 0.392 e. The van der Waals surface area contributed by atoms with Crippen molar-refractivity contribution in [2.24, 2.45) is 11.1 Å². The van der Waals surface area contributed by atoms with Crippen molar-refractivity contribution in [2.75, 3.05) is 0 Å².